The average molecular weight is 264 g/mol. The number of carbonyl (C=O) groups is 1. The molecule has 0 saturated carbocycles. The standard InChI is InChI=1S/C14H24N4O/c1-4-6-7-18(10(3)5-2)12-9-17-13(15)8-11(12)14(16)19/h8-10H,4-7H2,1-3H3,(H2,15,17)(H2,16,19). The fraction of sp³-hybridized carbons (Fsp3) is 0.571. The van der Waals surface area contributed by atoms with Crippen molar-refractivity contribution in [3.8, 4) is 0 Å². The van der Waals surface area contributed by atoms with Gasteiger partial charge in [-0.15, -0.1) is 0 Å². The summed E-state index contributed by atoms with van der Waals surface area (Å²) in [5.41, 5.74) is 12.3. The summed E-state index contributed by atoms with van der Waals surface area (Å²) in [6.07, 6.45) is 4.80. The highest BCUT2D eigenvalue weighted by atomic mass is 16.1. The zero-order valence-electron chi connectivity index (χ0n) is 12.0. The largest absolute Gasteiger partial charge is 0.384 e. The molecule has 0 aliphatic rings. The van der Waals surface area contributed by atoms with Crippen molar-refractivity contribution < 1.29 is 4.79 Å². The molecule has 1 rings (SSSR count). The summed E-state index contributed by atoms with van der Waals surface area (Å²) in [7, 11) is 0. The minimum atomic E-state index is -0.464. The first-order valence-electron chi connectivity index (χ1n) is 6.83. The molecule has 0 aromatic carbocycles. The molecule has 0 fully saturated rings. The van der Waals surface area contributed by atoms with Crippen LogP contribution in [0.1, 0.15) is 50.4 Å². The van der Waals surface area contributed by atoms with Gasteiger partial charge in [0.1, 0.15) is 5.82 Å². The van der Waals surface area contributed by atoms with E-state index in [1.807, 2.05) is 0 Å². The highest BCUT2D eigenvalue weighted by Gasteiger charge is 2.19. The molecule has 106 valence electrons. The fourth-order valence-electron chi connectivity index (χ4n) is 2.02. The molecule has 0 bridgehead atoms. The minimum absolute atomic E-state index is 0.317. The Balaban J connectivity index is 3.17. The number of hydrogen-bond acceptors (Lipinski definition) is 4. The summed E-state index contributed by atoms with van der Waals surface area (Å²) in [5.74, 6) is -0.147. The summed E-state index contributed by atoms with van der Waals surface area (Å²) in [4.78, 5) is 17.9. The smallest absolute Gasteiger partial charge is 0.251 e. The predicted molar refractivity (Wildman–Crippen MR) is 79.2 cm³/mol. The third-order valence-corrected chi connectivity index (χ3v) is 3.35. The molecule has 1 aromatic rings. The van der Waals surface area contributed by atoms with Gasteiger partial charge in [-0.3, -0.25) is 4.79 Å². The Morgan fingerprint density at radius 3 is 2.68 bits per heavy atom. The molecule has 4 N–H and O–H groups in total. The van der Waals surface area contributed by atoms with Crippen molar-refractivity contribution in [2.45, 2.75) is 46.1 Å². The Labute approximate surface area is 115 Å². The van der Waals surface area contributed by atoms with E-state index in [0.29, 0.717) is 17.4 Å². The lowest BCUT2D eigenvalue weighted by molar-refractivity contribution is 0.100. The summed E-state index contributed by atoms with van der Waals surface area (Å²) >= 11 is 0. The van der Waals surface area contributed by atoms with Crippen LogP contribution in [0.4, 0.5) is 11.5 Å². The van der Waals surface area contributed by atoms with Crippen LogP contribution in [0.2, 0.25) is 0 Å². The van der Waals surface area contributed by atoms with Gasteiger partial charge in [-0.2, -0.15) is 0 Å². The predicted octanol–water partition coefficient (Wildman–Crippen LogP) is 2.17. The second-order valence-electron chi connectivity index (χ2n) is 4.79. The first-order chi connectivity index (χ1) is 9.01. The Kier molecular flexibility index (Phi) is 5.60. The van der Waals surface area contributed by atoms with Crippen LogP contribution >= 0.6 is 0 Å². The van der Waals surface area contributed by atoms with Crippen LogP contribution in [0.25, 0.3) is 0 Å². The van der Waals surface area contributed by atoms with Gasteiger partial charge in [0.15, 0.2) is 0 Å². The Morgan fingerprint density at radius 1 is 1.47 bits per heavy atom. The van der Waals surface area contributed by atoms with Gasteiger partial charge in [0.05, 0.1) is 17.4 Å². The summed E-state index contributed by atoms with van der Waals surface area (Å²) < 4.78 is 0. The van der Waals surface area contributed by atoms with Crippen molar-refractivity contribution in [3.05, 3.63) is 17.8 Å². The number of unbranched alkanes of at least 4 members (excludes halogenated alkanes) is 1. The molecule has 1 unspecified atom stereocenters. The van der Waals surface area contributed by atoms with E-state index < -0.39 is 5.91 Å². The van der Waals surface area contributed by atoms with Crippen LogP contribution in [0.15, 0.2) is 12.3 Å². The van der Waals surface area contributed by atoms with Crippen LogP contribution in [-0.2, 0) is 0 Å². The average Bonchev–Trinajstić information content (AvgIpc) is 2.39. The monoisotopic (exact) mass is 264 g/mol. The number of carbonyl (C=O) groups excluding carboxylic acids is 1. The molecule has 1 aromatic heterocycles. The van der Waals surface area contributed by atoms with Crippen LogP contribution in [0.5, 0.6) is 0 Å². The number of amides is 1. The summed E-state index contributed by atoms with van der Waals surface area (Å²) in [6.45, 7) is 7.29. The quantitative estimate of drug-likeness (QED) is 0.790. The third kappa shape index (κ3) is 3.84. The molecule has 5 heteroatoms. The van der Waals surface area contributed by atoms with Crippen molar-refractivity contribution in [1.29, 1.82) is 0 Å². The lowest BCUT2D eigenvalue weighted by atomic mass is 10.1. The van der Waals surface area contributed by atoms with E-state index in [9.17, 15) is 4.79 Å². The zero-order chi connectivity index (χ0) is 14.4. The Morgan fingerprint density at radius 2 is 2.16 bits per heavy atom. The van der Waals surface area contributed by atoms with E-state index >= 15 is 0 Å². The van der Waals surface area contributed by atoms with E-state index in [1.165, 1.54) is 0 Å². The lowest BCUT2D eigenvalue weighted by Crippen LogP contribution is -2.35. The van der Waals surface area contributed by atoms with E-state index in [4.69, 9.17) is 11.5 Å². The van der Waals surface area contributed by atoms with Crippen molar-refractivity contribution in [2.75, 3.05) is 17.2 Å². The van der Waals surface area contributed by atoms with Gasteiger partial charge in [0.25, 0.3) is 5.91 Å². The SMILES string of the molecule is CCCCN(c1cnc(N)cc1C(N)=O)C(C)CC. The molecule has 0 aliphatic carbocycles. The minimum Gasteiger partial charge on any atom is -0.384 e. The maximum absolute atomic E-state index is 11.6. The van der Waals surface area contributed by atoms with Crippen molar-refractivity contribution in [1.82, 2.24) is 4.98 Å². The second kappa shape index (κ2) is 6.97. The molecule has 1 amide bonds. The van der Waals surface area contributed by atoms with Crippen molar-refractivity contribution >= 4 is 17.4 Å². The van der Waals surface area contributed by atoms with Gasteiger partial charge in [0, 0.05) is 12.6 Å². The van der Waals surface area contributed by atoms with Crippen molar-refractivity contribution in [2.24, 2.45) is 5.73 Å². The number of primary amides is 1. The van der Waals surface area contributed by atoms with E-state index in [-0.39, 0.29) is 0 Å². The molecule has 0 saturated heterocycles. The van der Waals surface area contributed by atoms with E-state index in [2.05, 4.69) is 30.7 Å². The Hall–Kier alpha value is -1.78. The molecule has 0 radical (unpaired) electrons. The number of nitrogens with zero attached hydrogens (tertiary/aromatic N) is 2. The molecule has 5 nitrogen and oxygen atoms in total. The zero-order valence-corrected chi connectivity index (χ0v) is 12.0. The number of hydrogen-bond donors (Lipinski definition) is 2. The van der Waals surface area contributed by atoms with Crippen LogP contribution in [-0.4, -0.2) is 23.5 Å². The van der Waals surface area contributed by atoms with Crippen LogP contribution in [0.3, 0.4) is 0 Å². The number of nitrogens with two attached hydrogens (primary N) is 2. The molecular weight excluding hydrogens is 240 g/mol. The van der Waals surface area contributed by atoms with E-state index in [1.54, 1.807) is 12.3 Å². The third-order valence-electron chi connectivity index (χ3n) is 3.35. The van der Waals surface area contributed by atoms with Crippen LogP contribution < -0.4 is 16.4 Å². The molecule has 1 heterocycles. The summed E-state index contributed by atoms with van der Waals surface area (Å²) in [5, 5.41) is 0. The van der Waals surface area contributed by atoms with E-state index in [0.717, 1.165) is 31.5 Å². The van der Waals surface area contributed by atoms with Crippen molar-refractivity contribution in [3.63, 3.8) is 0 Å². The second-order valence-corrected chi connectivity index (χ2v) is 4.79. The molecule has 1 atom stereocenters. The fourth-order valence-corrected chi connectivity index (χ4v) is 2.02. The summed E-state index contributed by atoms with van der Waals surface area (Å²) in [6, 6.07) is 1.88. The number of anilines is 2. The first-order valence-corrected chi connectivity index (χ1v) is 6.83. The number of aromatic nitrogens is 1. The molecular formula is C14H24N4O. The Bertz CT molecular complexity index is 433. The molecule has 19 heavy (non-hydrogen) atoms. The van der Waals surface area contributed by atoms with Gasteiger partial charge < -0.3 is 16.4 Å². The van der Waals surface area contributed by atoms with Gasteiger partial charge >= 0.3 is 0 Å². The van der Waals surface area contributed by atoms with Gasteiger partial charge in [0.2, 0.25) is 0 Å². The number of pyridine rings is 1. The number of nitrogen functional groups attached to an aromatic ring is 1. The normalized spacial score (nSPS) is 12.2. The number of rotatable bonds is 7. The van der Waals surface area contributed by atoms with Gasteiger partial charge in [-0.05, 0) is 25.8 Å². The lowest BCUT2D eigenvalue weighted by Gasteiger charge is -2.31. The topological polar surface area (TPSA) is 85.2 Å². The highest BCUT2D eigenvalue weighted by Crippen LogP contribution is 2.24. The first kappa shape index (κ1) is 15.3. The van der Waals surface area contributed by atoms with Crippen LogP contribution in [0, 0.1) is 0 Å². The highest BCUT2D eigenvalue weighted by molar-refractivity contribution is 5.99. The molecule has 0 aliphatic heterocycles. The van der Waals surface area contributed by atoms with Gasteiger partial charge in [-0.1, -0.05) is 20.3 Å². The maximum Gasteiger partial charge on any atom is 0.251 e. The molecule has 0 spiro atoms. The van der Waals surface area contributed by atoms with Gasteiger partial charge in [-0.25, -0.2) is 4.98 Å². The maximum atomic E-state index is 11.6.